The first-order chi connectivity index (χ1) is 66.8. The number of hydrogen-bond donors (Lipinski definition) is 6. The number of ketones is 3. The monoisotopic (exact) mass is 2120 g/mol. The van der Waals surface area contributed by atoms with Crippen molar-refractivity contribution >= 4 is 192 Å². The molecule has 36 heteroatoms. The fourth-order valence-corrected chi connectivity index (χ4v) is 17.5. The molecule has 15 rings (SSSR count). The number of aryl methyl sites for hydroxylation is 5. The molecule has 3 aliphatic heterocycles. The van der Waals surface area contributed by atoms with E-state index in [4.69, 9.17) is 149 Å². The number of hydrogen-bond acceptors (Lipinski definition) is 23. The van der Waals surface area contributed by atoms with Crippen LogP contribution in [0.4, 0.5) is 16.2 Å². The van der Waals surface area contributed by atoms with E-state index in [1.807, 2.05) is 83.1 Å². The maximum Gasteiger partial charge on any atom is 0.415 e. The van der Waals surface area contributed by atoms with Gasteiger partial charge < -0.3 is 74.0 Å². The van der Waals surface area contributed by atoms with Crippen LogP contribution in [0.3, 0.4) is 0 Å². The van der Waals surface area contributed by atoms with Gasteiger partial charge in [-0.1, -0.05) is 177 Å². The summed E-state index contributed by atoms with van der Waals surface area (Å²) in [6, 6.07) is 56.7. The Morgan fingerprint density at radius 1 is 0.436 bits per heavy atom. The summed E-state index contributed by atoms with van der Waals surface area (Å²) >= 11 is 62.5. The van der Waals surface area contributed by atoms with Crippen molar-refractivity contribution in [2.45, 2.75) is 130 Å². The summed E-state index contributed by atoms with van der Waals surface area (Å²) in [5.74, 6) is -2.51. The highest BCUT2D eigenvalue weighted by atomic mass is 35.5. The minimum atomic E-state index is -1.60. The predicted octanol–water partition coefficient (Wildman–Crippen LogP) is 23.7. The molecule has 5 heterocycles. The number of ether oxygens (including phenoxy) is 7. The smallest absolute Gasteiger partial charge is 0.415 e. The second kappa shape index (κ2) is 52.6. The van der Waals surface area contributed by atoms with Crippen LogP contribution in [0.5, 0.6) is 28.7 Å². The van der Waals surface area contributed by atoms with Crippen LogP contribution in [0.1, 0.15) is 155 Å². The number of amides is 3. The number of anilines is 2. The van der Waals surface area contributed by atoms with Crippen molar-refractivity contribution in [3.63, 3.8) is 0 Å². The molecule has 0 aliphatic carbocycles. The third-order valence-corrected chi connectivity index (χ3v) is 25.7. The van der Waals surface area contributed by atoms with Crippen LogP contribution in [0.15, 0.2) is 224 Å². The zero-order valence-corrected chi connectivity index (χ0v) is 84.5. The number of Topliss-reactive ketones (excluding diaryl/α,β-unsaturated/α-hetero) is 3. The van der Waals surface area contributed by atoms with Crippen LogP contribution in [-0.2, 0) is 33.5 Å². The number of benzene rings is 10. The fourth-order valence-electron chi connectivity index (χ4n) is 14.5. The van der Waals surface area contributed by atoms with Gasteiger partial charge in [0.15, 0.2) is 17.3 Å². The van der Waals surface area contributed by atoms with E-state index in [1.165, 1.54) is 117 Å². The zero-order chi connectivity index (χ0) is 101. The summed E-state index contributed by atoms with van der Waals surface area (Å²) in [4.78, 5) is 121. The molecule has 3 amide bonds. The molecule has 25 nitrogen and oxygen atoms in total. The highest BCUT2D eigenvalue weighted by Crippen LogP contribution is 2.37. The van der Waals surface area contributed by atoms with Crippen LogP contribution in [0.25, 0.3) is 0 Å². The Balaban J connectivity index is 0.000000168. The fraction of sp³-hybridized carbons (Fsp3) is 0.250. The first-order valence-corrected chi connectivity index (χ1v) is 48.3. The molecular formula is C104H95Cl10N5O20S. The number of halogens is 10. The maximum absolute atomic E-state index is 13.1. The molecule has 5 atom stereocenters. The van der Waals surface area contributed by atoms with E-state index in [0.717, 1.165) is 64.9 Å². The van der Waals surface area contributed by atoms with E-state index in [2.05, 4.69) is 20.5 Å². The van der Waals surface area contributed by atoms with Crippen LogP contribution < -0.4 is 34.3 Å². The average Bonchev–Trinajstić information content (AvgIpc) is 0.930. The van der Waals surface area contributed by atoms with Crippen molar-refractivity contribution in [1.82, 2.24) is 14.8 Å². The Kier molecular flexibility index (Phi) is 41.1. The second-order valence-corrected chi connectivity index (χ2v) is 37.7. The highest BCUT2D eigenvalue weighted by molar-refractivity contribution is 7.12. The summed E-state index contributed by atoms with van der Waals surface area (Å²) in [5.41, 5.74) is 9.22. The molecule has 12 aromatic rings. The lowest BCUT2D eigenvalue weighted by molar-refractivity contribution is -0.277. The average molecular weight is 2120 g/mol. The van der Waals surface area contributed by atoms with Gasteiger partial charge in [0.05, 0.1) is 61.4 Å². The van der Waals surface area contributed by atoms with Crippen LogP contribution in [0, 0.1) is 34.6 Å². The Hall–Kier alpha value is -11.1. The van der Waals surface area contributed by atoms with Crippen molar-refractivity contribution in [2.24, 2.45) is 0 Å². The van der Waals surface area contributed by atoms with E-state index in [1.54, 1.807) is 101 Å². The highest BCUT2D eigenvalue weighted by Gasteiger charge is 2.45. The number of nitrogens with zero attached hydrogens (tertiary/aromatic N) is 3. The Morgan fingerprint density at radius 3 is 1.26 bits per heavy atom. The second-order valence-electron chi connectivity index (χ2n) is 32.5. The molecule has 10 aromatic carbocycles. The number of thiophene rings is 1. The minimum absolute atomic E-state index is 0.00943. The molecule has 0 spiro atoms. The molecule has 732 valence electrons. The lowest BCUT2D eigenvalue weighted by Crippen LogP contribution is -2.60. The van der Waals surface area contributed by atoms with Gasteiger partial charge in [-0.2, -0.15) is 0 Å². The number of rotatable bonds is 25. The number of aromatic nitrogens is 1. The topological polar surface area (TPSA) is 343 Å². The standard InChI is InChI=1S/C26H30Cl2N2O3.C21H22Cl2O7.C20H14Cl2N2O3.C19H13Cl2NO3S.C18H16Cl2O4/c1-18-5-6-19(23(28)15-18)16-24(31)22-17-20(27)7-8-25(22)33-26(32)30-13-9-21(10-14-30)29-11-3-2-4-12-29;1-10-2-3-11(14(23)6-10)7-15(25)13-8-12(22)4-5-16(13)29-21-20(28)19(27)18(26)17(9-24)30-21;1-12-2-4-17(16(22)10-12)24-19(25)15-11-14(21)3-5-18(15)27-20(26)13-6-8-23-9-7-13;1-11-4-6-15(14(21)9-11)22-18(23)13-10-12(20)5-7-16(13)25-19(24)17-3-2-8-26-17;1-11-3-4-13(16(20)7-11)8-17(22)15-9-14(19)5-6-18(15)24-10-23-12(2)21/h5-8,15,17,21H,2-4,9-14,16H2,1H3;2-6,8,17-21,24,26-28H,7,9H2,1H3;2-11H,1H3,(H,24,25);2-10H,1H3,(H,22,23);3-7,9H,8,10H2,1-2H3. The molecule has 6 N–H and O–H groups in total. The molecule has 5 unspecified atom stereocenters. The van der Waals surface area contributed by atoms with Gasteiger partial charge in [0.2, 0.25) is 13.1 Å². The van der Waals surface area contributed by atoms with Crippen molar-refractivity contribution in [1.29, 1.82) is 0 Å². The van der Waals surface area contributed by atoms with E-state index < -0.39 is 73.1 Å². The third-order valence-electron chi connectivity index (χ3n) is 22.0. The molecule has 0 radical (unpaired) electrons. The number of carbonyl (C=O) groups excluding carboxylic acids is 9. The van der Waals surface area contributed by atoms with Crippen molar-refractivity contribution < 1.29 is 96.7 Å². The quantitative estimate of drug-likeness (QED) is 0.0134. The van der Waals surface area contributed by atoms with E-state index in [-0.39, 0.29) is 88.7 Å². The van der Waals surface area contributed by atoms with Crippen molar-refractivity contribution in [3.8, 4) is 28.7 Å². The zero-order valence-electron chi connectivity index (χ0n) is 76.1. The van der Waals surface area contributed by atoms with Gasteiger partial charge in [-0.25, -0.2) is 14.4 Å². The summed E-state index contributed by atoms with van der Waals surface area (Å²) in [5, 5.41) is 50.7. The molecule has 0 bridgehead atoms. The Morgan fingerprint density at radius 2 is 0.836 bits per heavy atom. The molecule has 140 heavy (non-hydrogen) atoms. The van der Waals surface area contributed by atoms with Gasteiger partial charge in [-0.05, 0) is 275 Å². The van der Waals surface area contributed by atoms with E-state index in [9.17, 15) is 63.6 Å². The molecule has 3 fully saturated rings. The van der Waals surface area contributed by atoms with E-state index >= 15 is 0 Å². The summed E-state index contributed by atoms with van der Waals surface area (Å²) < 4.78 is 37.5. The van der Waals surface area contributed by atoms with Crippen molar-refractivity contribution in [2.75, 3.05) is 50.2 Å². The van der Waals surface area contributed by atoms with Gasteiger partial charge in [0.25, 0.3) is 11.8 Å². The SMILES string of the molecule is CC(=O)OCOc1ccc(Cl)cc1C(=O)Cc1ccc(C)cc1Cl.Cc1ccc(CC(=O)c2cc(Cl)ccc2OC(=O)N2CCC(N3CCCCC3)CC2)c(Cl)c1.Cc1ccc(CC(=O)c2cc(Cl)ccc2OC2OC(CO)C(O)C(O)C2O)c(Cl)c1.Cc1ccc(NC(=O)c2cc(Cl)ccc2OC(=O)c2cccs2)c(Cl)c1.Cc1ccc(NC(=O)c2cc(Cl)ccc2OC(=O)c2ccncc2)c(Cl)c1. The van der Waals surface area contributed by atoms with Crippen LogP contribution in [0.2, 0.25) is 50.2 Å². The number of carbonyl (C=O) groups is 9. The molecule has 3 saturated heterocycles. The number of pyridine rings is 1. The van der Waals surface area contributed by atoms with Crippen LogP contribution in [-0.4, -0.2) is 165 Å². The Bertz CT molecular complexity index is 6470. The maximum atomic E-state index is 13.1. The number of esters is 3. The van der Waals surface area contributed by atoms with Gasteiger partial charge in [-0.15, -0.1) is 11.3 Å². The minimum Gasteiger partial charge on any atom is -0.461 e. The number of piperidine rings is 2. The van der Waals surface area contributed by atoms with Crippen LogP contribution >= 0.6 is 127 Å². The molecule has 0 saturated carbocycles. The lowest BCUT2D eigenvalue weighted by atomic mass is 9.99. The van der Waals surface area contributed by atoms with Gasteiger partial charge >= 0.3 is 24.0 Å². The van der Waals surface area contributed by atoms with Gasteiger partial charge in [0.1, 0.15) is 58.0 Å². The number of aliphatic hydroxyl groups is 4. The Labute approximate surface area is 862 Å². The normalized spacial score (nSPS) is 15.5. The van der Waals surface area contributed by atoms with Gasteiger partial charge in [-0.3, -0.25) is 33.8 Å². The third kappa shape index (κ3) is 31.7. The molecular weight excluding hydrogens is 2030 g/mol. The number of aliphatic hydroxyl groups excluding tert-OH is 4. The number of nitrogens with one attached hydrogen (secondary N) is 2. The van der Waals surface area contributed by atoms with E-state index in [0.29, 0.717) is 108 Å². The lowest BCUT2D eigenvalue weighted by Gasteiger charge is -2.39. The first kappa shape index (κ1) is 109. The largest absolute Gasteiger partial charge is 0.461 e. The molecule has 3 aliphatic rings. The first-order valence-electron chi connectivity index (χ1n) is 43.7. The summed E-state index contributed by atoms with van der Waals surface area (Å²) in [6.07, 6.45) is 1.23. The summed E-state index contributed by atoms with van der Waals surface area (Å²) in [7, 11) is 0. The number of likely N-dealkylation sites (tertiary alicyclic amines) is 2. The summed E-state index contributed by atoms with van der Waals surface area (Å²) in [6.45, 7) is 13.6. The van der Waals surface area contributed by atoms with Crippen molar-refractivity contribution in [3.05, 3.63) is 357 Å². The predicted molar refractivity (Wildman–Crippen MR) is 544 cm³/mol. The van der Waals surface area contributed by atoms with Gasteiger partial charge in [0, 0.05) is 97.9 Å². The molecule has 2 aromatic heterocycles.